The molecule has 142 valence electrons. The third kappa shape index (κ3) is 4.47. The fourth-order valence-electron chi connectivity index (χ4n) is 2.51. The van der Waals surface area contributed by atoms with E-state index in [0.29, 0.717) is 12.8 Å². The van der Waals surface area contributed by atoms with E-state index in [1.165, 1.54) is 12.1 Å². The number of phosphoric ester groups is 1. The average molecular weight is 388 g/mol. The zero-order valence-corrected chi connectivity index (χ0v) is 14.3. The molecular weight excluding hydrogens is 370 g/mol. The third-order valence-electron chi connectivity index (χ3n) is 3.71. The molecule has 3 atom stereocenters. The predicted molar refractivity (Wildman–Crippen MR) is 89.4 cm³/mol. The van der Waals surface area contributed by atoms with Gasteiger partial charge in [-0.1, -0.05) is 18.2 Å². The van der Waals surface area contributed by atoms with E-state index in [-0.39, 0.29) is 13.8 Å². The number of H-pyrrole nitrogens is 1. The Balaban J connectivity index is 0.00000261. The van der Waals surface area contributed by atoms with Crippen molar-refractivity contribution in [1.82, 2.24) is 9.55 Å². The van der Waals surface area contributed by atoms with E-state index in [4.69, 9.17) is 13.8 Å². The number of hydrogen-bond acceptors (Lipinski definition) is 6. The van der Waals surface area contributed by atoms with Crippen molar-refractivity contribution in [3.63, 3.8) is 0 Å². The molecule has 1 aromatic heterocycles. The molecule has 1 saturated heterocycles. The normalized spacial score (nSPS) is 22.1. The van der Waals surface area contributed by atoms with Gasteiger partial charge in [-0.15, -0.1) is 0 Å². The van der Waals surface area contributed by atoms with Crippen LogP contribution >= 0.6 is 7.82 Å². The van der Waals surface area contributed by atoms with E-state index in [1.807, 2.05) is 4.98 Å². The standard InChI is InChI=1S/C15H16FN2O7P.H2/c16-12-8-18(15(20)17-14(12)19)13-7-6-11(24-13)9-23-26(21,22)25-10-4-2-1-3-5-10;/h1-5,8,11,13H,6-7,9H2,(H,21,22)(H,17,19,20);1H/t11-,13+;/m0./s1. The van der Waals surface area contributed by atoms with E-state index in [9.17, 15) is 23.4 Å². The van der Waals surface area contributed by atoms with Gasteiger partial charge >= 0.3 is 13.5 Å². The van der Waals surface area contributed by atoms with E-state index >= 15 is 0 Å². The van der Waals surface area contributed by atoms with Gasteiger partial charge < -0.3 is 9.26 Å². The number of nitrogens with one attached hydrogen (secondary N) is 1. The molecule has 9 nitrogen and oxygen atoms in total. The molecule has 26 heavy (non-hydrogen) atoms. The number of nitrogens with zero attached hydrogens (tertiary/aromatic N) is 1. The van der Waals surface area contributed by atoms with Gasteiger partial charge in [-0.05, 0) is 25.0 Å². The molecule has 1 aliphatic rings. The molecule has 1 fully saturated rings. The minimum atomic E-state index is -4.34. The van der Waals surface area contributed by atoms with Crippen LogP contribution in [0.1, 0.15) is 20.5 Å². The van der Waals surface area contributed by atoms with Crippen LogP contribution in [0, 0.1) is 5.82 Å². The van der Waals surface area contributed by atoms with Crippen LogP contribution in [0.15, 0.2) is 46.1 Å². The predicted octanol–water partition coefficient (Wildman–Crippen LogP) is 1.80. The summed E-state index contributed by atoms with van der Waals surface area (Å²) in [6, 6.07) is 8.02. The summed E-state index contributed by atoms with van der Waals surface area (Å²) in [7, 11) is -4.34. The molecule has 0 bridgehead atoms. The molecule has 2 heterocycles. The number of halogens is 1. The average Bonchev–Trinajstić information content (AvgIpc) is 3.06. The Morgan fingerprint density at radius 3 is 2.81 bits per heavy atom. The van der Waals surface area contributed by atoms with Gasteiger partial charge in [0, 0.05) is 1.43 Å². The summed E-state index contributed by atoms with van der Waals surface area (Å²) >= 11 is 0. The maximum absolute atomic E-state index is 13.4. The fraction of sp³-hybridized carbons (Fsp3) is 0.333. The SMILES string of the molecule is O=c1[nH]c(=O)n([C@H]2CC[C@@H](COP(=O)(O)Oc3ccccc3)O2)cc1F.[HH]. The second-order valence-electron chi connectivity index (χ2n) is 5.60. The Morgan fingerprint density at radius 1 is 1.35 bits per heavy atom. The lowest BCUT2D eigenvalue weighted by atomic mass is 10.2. The lowest BCUT2D eigenvalue weighted by Crippen LogP contribution is -2.34. The van der Waals surface area contributed by atoms with Crippen LogP contribution in [-0.4, -0.2) is 27.2 Å². The van der Waals surface area contributed by atoms with Gasteiger partial charge in [-0.3, -0.25) is 23.8 Å². The highest BCUT2D eigenvalue weighted by Gasteiger charge is 2.31. The Bertz CT molecular complexity index is 936. The maximum atomic E-state index is 13.4. The van der Waals surface area contributed by atoms with Gasteiger partial charge in [0.25, 0.3) is 5.56 Å². The van der Waals surface area contributed by atoms with Crippen molar-refractivity contribution in [3.05, 3.63) is 63.2 Å². The van der Waals surface area contributed by atoms with E-state index in [0.717, 1.165) is 10.8 Å². The first kappa shape index (κ1) is 18.5. The Labute approximate surface area is 148 Å². The van der Waals surface area contributed by atoms with Crippen LogP contribution in [0.5, 0.6) is 5.75 Å². The lowest BCUT2D eigenvalue weighted by molar-refractivity contribution is -0.0243. The number of phosphoric acid groups is 1. The molecule has 11 heteroatoms. The van der Waals surface area contributed by atoms with Crippen LogP contribution in [0.3, 0.4) is 0 Å². The molecule has 0 radical (unpaired) electrons. The summed E-state index contributed by atoms with van der Waals surface area (Å²) in [5, 5.41) is 0. The highest BCUT2D eigenvalue weighted by molar-refractivity contribution is 7.47. The summed E-state index contributed by atoms with van der Waals surface area (Å²) < 4.78 is 41.6. The maximum Gasteiger partial charge on any atom is 0.527 e. The molecule has 1 unspecified atom stereocenters. The van der Waals surface area contributed by atoms with Gasteiger partial charge in [0.05, 0.1) is 18.9 Å². The van der Waals surface area contributed by atoms with Crippen LogP contribution in [0.2, 0.25) is 0 Å². The van der Waals surface area contributed by atoms with Crippen molar-refractivity contribution in [2.45, 2.75) is 25.2 Å². The number of benzene rings is 1. The fourth-order valence-corrected chi connectivity index (χ4v) is 3.30. The number of hydrogen-bond donors (Lipinski definition) is 2. The monoisotopic (exact) mass is 388 g/mol. The second kappa shape index (κ2) is 7.55. The smallest absolute Gasteiger partial charge is 0.404 e. The van der Waals surface area contributed by atoms with Crippen molar-refractivity contribution in [2.24, 2.45) is 0 Å². The Morgan fingerprint density at radius 2 is 2.08 bits per heavy atom. The first-order valence-electron chi connectivity index (χ1n) is 7.72. The van der Waals surface area contributed by atoms with E-state index in [1.54, 1.807) is 18.2 Å². The molecule has 0 amide bonds. The minimum absolute atomic E-state index is 0. The molecule has 0 aliphatic carbocycles. The number of ether oxygens (including phenoxy) is 1. The summed E-state index contributed by atoms with van der Waals surface area (Å²) in [5.74, 6) is -0.928. The van der Waals surface area contributed by atoms with Crippen molar-refractivity contribution < 1.29 is 29.1 Å². The lowest BCUT2D eigenvalue weighted by Gasteiger charge is -2.17. The third-order valence-corrected chi connectivity index (χ3v) is 4.62. The summed E-state index contributed by atoms with van der Waals surface area (Å²) in [6.07, 6.45) is 0.111. The first-order valence-corrected chi connectivity index (χ1v) is 9.22. The molecular formula is C15H18FN2O7P. The molecule has 2 N–H and O–H groups in total. The summed E-state index contributed by atoms with van der Waals surface area (Å²) in [5.41, 5.74) is -1.91. The Kier molecular flexibility index (Phi) is 5.38. The number of para-hydroxylation sites is 1. The molecule has 1 aromatic carbocycles. The van der Waals surface area contributed by atoms with Gasteiger partial charge in [-0.2, -0.15) is 4.39 Å². The van der Waals surface area contributed by atoms with E-state index in [2.05, 4.69) is 0 Å². The minimum Gasteiger partial charge on any atom is -0.404 e. The quantitative estimate of drug-likeness (QED) is 0.724. The van der Waals surface area contributed by atoms with Crippen LogP contribution in [0.4, 0.5) is 4.39 Å². The van der Waals surface area contributed by atoms with Crippen LogP contribution < -0.4 is 15.8 Å². The molecule has 2 aromatic rings. The molecule has 3 rings (SSSR count). The highest BCUT2D eigenvalue weighted by atomic mass is 31.2. The first-order chi connectivity index (χ1) is 12.3. The van der Waals surface area contributed by atoms with Gasteiger partial charge in [0.1, 0.15) is 12.0 Å². The van der Waals surface area contributed by atoms with Gasteiger partial charge in [0.15, 0.2) is 0 Å². The van der Waals surface area contributed by atoms with Crippen molar-refractivity contribution in [2.75, 3.05) is 6.61 Å². The highest BCUT2D eigenvalue weighted by Crippen LogP contribution is 2.44. The van der Waals surface area contributed by atoms with E-state index < -0.39 is 37.2 Å². The van der Waals surface area contributed by atoms with Crippen LogP contribution in [-0.2, 0) is 13.8 Å². The molecule has 0 saturated carbocycles. The number of aromatic amines is 1. The van der Waals surface area contributed by atoms with Gasteiger partial charge in [0.2, 0.25) is 5.82 Å². The molecule has 1 aliphatic heterocycles. The zero-order chi connectivity index (χ0) is 18.7. The molecule has 0 spiro atoms. The topological polar surface area (TPSA) is 120 Å². The zero-order valence-electron chi connectivity index (χ0n) is 13.4. The number of rotatable bonds is 6. The van der Waals surface area contributed by atoms with Crippen molar-refractivity contribution in [3.8, 4) is 5.75 Å². The second-order valence-corrected chi connectivity index (χ2v) is 6.98. The van der Waals surface area contributed by atoms with Crippen LogP contribution in [0.25, 0.3) is 0 Å². The largest absolute Gasteiger partial charge is 0.527 e. The number of aromatic nitrogens is 2. The van der Waals surface area contributed by atoms with Crippen molar-refractivity contribution >= 4 is 7.82 Å². The summed E-state index contributed by atoms with van der Waals surface area (Å²) in [4.78, 5) is 34.4. The van der Waals surface area contributed by atoms with Crippen molar-refractivity contribution in [1.29, 1.82) is 0 Å². The van der Waals surface area contributed by atoms with Gasteiger partial charge in [-0.25, -0.2) is 9.36 Å². The Hall–Kier alpha value is -2.26. The summed E-state index contributed by atoms with van der Waals surface area (Å²) in [6.45, 7) is -0.252.